The lowest BCUT2D eigenvalue weighted by molar-refractivity contribution is 0.0875. The maximum atomic E-state index is 12.8. The molecule has 0 aliphatic carbocycles. The van der Waals surface area contributed by atoms with E-state index < -0.39 is 0 Å². The van der Waals surface area contributed by atoms with Crippen LogP contribution in [0.15, 0.2) is 41.2 Å². The van der Waals surface area contributed by atoms with Crippen LogP contribution >= 0.6 is 0 Å². The first-order valence-corrected chi connectivity index (χ1v) is 9.94. The molecule has 7 heteroatoms. The van der Waals surface area contributed by atoms with Crippen molar-refractivity contribution in [3.8, 4) is 11.1 Å². The molecule has 0 unspecified atom stereocenters. The van der Waals surface area contributed by atoms with E-state index in [1.54, 1.807) is 12.5 Å². The number of aromatic nitrogens is 2. The highest BCUT2D eigenvalue weighted by Gasteiger charge is 2.18. The van der Waals surface area contributed by atoms with Crippen molar-refractivity contribution in [1.82, 2.24) is 19.6 Å². The number of piperazine rings is 1. The van der Waals surface area contributed by atoms with Gasteiger partial charge in [0.25, 0.3) is 0 Å². The average Bonchev–Trinajstić information content (AvgIpc) is 3.37. The Kier molecular flexibility index (Phi) is 5.45. The van der Waals surface area contributed by atoms with E-state index in [1.165, 1.54) is 4.68 Å². The number of carbonyl (C=O) groups excluding carboxylic acids is 1. The molecule has 1 aliphatic rings. The summed E-state index contributed by atoms with van der Waals surface area (Å²) in [5, 5.41) is 5.10. The van der Waals surface area contributed by atoms with E-state index in [1.807, 2.05) is 24.3 Å². The molecule has 1 fully saturated rings. The molecule has 0 atom stereocenters. The molecule has 1 aliphatic heterocycles. The van der Waals surface area contributed by atoms with E-state index in [-0.39, 0.29) is 5.91 Å². The van der Waals surface area contributed by atoms with Gasteiger partial charge in [-0.2, -0.15) is 4.68 Å². The minimum absolute atomic E-state index is 0.0155. The van der Waals surface area contributed by atoms with Crippen LogP contribution in [-0.2, 0) is 0 Å². The predicted molar refractivity (Wildman–Crippen MR) is 110 cm³/mol. The highest BCUT2D eigenvalue weighted by atomic mass is 16.3. The van der Waals surface area contributed by atoms with Crippen LogP contribution in [0.2, 0.25) is 0 Å². The monoisotopic (exact) mass is 381 g/mol. The van der Waals surface area contributed by atoms with Gasteiger partial charge in [-0.15, -0.1) is 5.10 Å². The first-order chi connectivity index (χ1) is 13.7. The second kappa shape index (κ2) is 8.16. The number of benzene rings is 1. The average molecular weight is 381 g/mol. The highest BCUT2D eigenvalue weighted by Crippen LogP contribution is 2.28. The summed E-state index contributed by atoms with van der Waals surface area (Å²) in [6.45, 7) is 8.64. The summed E-state index contributed by atoms with van der Waals surface area (Å²) < 4.78 is 6.63. The van der Waals surface area contributed by atoms with Gasteiger partial charge in [-0.05, 0) is 43.3 Å². The molecule has 1 aromatic carbocycles. The van der Waals surface area contributed by atoms with E-state index >= 15 is 0 Å². The van der Waals surface area contributed by atoms with Gasteiger partial charge in [0, 0.05) is 43.5 Å². The van der Waals surface area contributed by atoms with Crippen molar-refractivity contribution in [2.24, 2.45) is 0 Å². The Labute approximate surface area is 164 Å². The highest BCUT2D eigenvalue weighted by molar-refractivity contribution is 5.98. The van der Waals surface area contributed by atoms with Crippen molar-refractivity contribution >= 4 is 22.6 Å². The van der Waals surface area contributed by atoms with Crippen molar-refractivity contribution in [2.75, 3.05) is 45.0 Å². The largest absolute Gasteiger partial charge is 0.472 e. The molecule has 28 heavy (non-hydrogen) atoms. The molecule has 0 bridgehead atoms. The zero-order valence-electron chi connectivity index (χ0n) is 16.3. The Bertz CT molecular complexity index is 939. The second-order valence-corrected chi connectivity index (χ2v) is 7.31. The van der Waals surface area contributed by atoms with Crippen LogP contribution < -0.4 is 5.73 Å². The van der Waals surface area contributed by atoms with Crippen LogP contribution in [0.3, 0.4) is 0 Å². The van der Waals surface area contributed by atoms with E-state index in [4.69, 9.17) is 10.2 Å². The number of nitrogens with two attached hydrogens (primary N) is 1. The van der Waals surface area contributed by atoms with Gasteiger partial charge in [0.1, 0.15) is 0 Å². The van der Waals surface area contributed by atoms with Crippen molar-refractivity contribution < 1.29 is 9.21 Å². The number of anilines is 1. The maximum absolute atomic E-state index is 12.8. The molecular weight excluding hydrogens is 354 g/mol. The predicted octanol–water partition coefficient (Wildman–Crippen LogP) is 2.94. The van der Waals surface area contributed by atoms with Gasteiger partial charge < -0.3 is 20.0 Å². The number of carbonyl (C=O) groups is 1. The fourth-order valence-corrected chi connectivity index (χ4v) is 3.83. The zero-order valence-corrected chi connectivity index (χ0v) is 16.3. The molecule has 0 saturated carbocycles. The summed E-state index contributed by atoms with van der Waals surface area (Å²) >= 11 is 0. The number of furan rings is 1. The van der Waals surface area contributed by atoms with Crippen LogP contribution in [-0.4, -0.2) is 64.8 Å². The van der Waals surface area contributed by atoms with Gasteiger partial charge >= 0.3 is 0 Å². The van der Waals surface area contributed by atoms with Crippen molar-refractivity contribution in [3.63, 3.8) is 0 Å². The number of hydrogen-bond donors (Lipinski definition) is 1. The minimum atomic E-state index is -0.0155. The quantitative estimate of drug-likeness (QED) is 0.707. The number of nitrogens with zero attached hydrogens (tertiary/aromatic N) is 4. The molecular formula is C21H27N5O2. The molecule has 3 heterocycles. The van der Waals surface area contributed by atoms with Gasteiger partial charge in [-0.1, -0.05) is 13.0 Å². The number of nitrogen functional groups attached to an aromatic ring is 1. The normalized spacial score (nSPS) is 16.0. The Balaban J connectivity index is 1.43. The van der Waals surface area contributed by atoms with Crippen LogP contribution in [0.5, 0.6) is 0 Å². The lowest BCUT2D eigenvalue weighted by atomic mass is 10.1. The standard InChI is InChI=1S/C21H27N5O2/c1-2-24-9-11-25(12-10-24)8-3-4-20(27)26-19-14-16(17-7-13-28-15-17)5-6-18(19)21(22)23-26/h5-7,13-15H,2-4,8-12H2,1H3,(H2,22,23). The number of hydrogen-bond acceptors (Lipinski definition) is 6. The number of rotatable bonds is 6. The summed E-state index contributed by atoms with van der Waals surface area (Å²) in [6.07, 6.45) is 4.61. The van der Waals surface area contributed by atoms with Gasteiger partial charge in [0.2, 0.25) is 5.91 Å². The summed E-state index contributed by atoms with van der Waals surface area (Å²) in [5.41, 5.74) is 8.73. The molecule has 2 N–H and O–H groups in total. The molecule has 0 spiro atoms. The van der Waals surface area contributed by atoms with Gasteiger partial charge in [-0.3, -0.25) is 4.79 Å². The first-order valence-electron chi connectivity index (χ1n) is 9.94. The minimum Gasteiger partial charge on any atom is -0.472 e. The summed E-state index contributed by atoms with van der Waals surface area (Å²) in [6, 6.07) is 7.73. The van der Waals surface area contributed by atoms with Crippen molar-refractivity contribution in [3.05, 3.63) is 36.8 Å². The van der Waals surface area contributed by atoms with Gasteiger partial charge in [0.15, 0.2) is 5.82 Å². The lowest BCUT2D eigenvalue weighted by Crippen LogP contribution is -2.46. The fraction of sp³-hybridized carbons (Fsp3) is 0.429. The second-order valence-electron chi connectivity index (χ2n) is 7.31. The van der Waals surface area contributed by atoms with Crippen molar-refractivity contribution in [1.29, 1.82) is 0 Å². The Morgan fingerprint density at radius 2 is 1.93 bits per heavy atom. The summed E-state index contributed by atoms with van der Waals surface area (Å²) in [7, 11) is 0. The summed E-state index contributed by atoms with van der Waals surface area (Å²) in [5.74, 6) is 0.371. The molecule has 1 saturated heterocycles. The Morgan fingerprint density at radius 1 is 1.14 bits per heavy atom. The molecule has 7 nitrogen and oxygen atoms in total. The smallest absolute Gasteiger partial charge is 0.247 e. The molecule has 2 aromatic heterocycles. The van der Waals surface area contributed by atoms with Gasteiger partial charge in [0.05, 0.1) is 18.0 Å². The third kappa shape index (κ3) is 3.81. The van der Waals surface area contributed by atoms with Crippen LogP contribution in [0.25, 0.3) is 22.0 Å². The Hall–Kier alpha value is -2.64. The fourth-order valence-electron chi connectivity index (χ4n) is 3.83. The lowest BCUT2D eigenvalue weighted by Gasteiger charge is -2.33. The van der Waals surface area contributed by atoms with E-state index in [0.29, 0.717) is 12.2 Å². The molecule has 3 aromatic rings. The topological polar surface area (TPSA) is 80.5 Å². The van der Waals surface area contributed by atoms with Crippen molar-refractivity contribution in [2.45, 2.75) is 19.8 Å². The SMILES string of the molecule is CCN1CCN(CCCC(=O)n2nc(N)c3ccc(-c4ccoc4)cc32)CC1. The molecule has 0 amide bonds. The molecule has 4 rings (SSSR count). The maximum Gasteiger partial charge on any atom is 0.247 e. The number of likely N-dealkylation sites (N-methyl/N-ethyl adjacent to an activating group) is 1. The van der Waals surface area contributed by atoms with Crippen LogP contribution in [0.1, 0.15) is 24.6 Å². The number of fused-ring (bicyclic) bond motifs is 1. The Morgan fingerprint density at radius 3 is 2.64 bits per heavy atom. The zero-order chi connectivity index (χ0) is 19.5. The third-order valence-corrected chi connectivity index (χ3v) is 5.58. The van der Waals surface area contributed by atoms with E-state index in [0.717, 1.165) is 67.7 Å². The molecule has 0 radical (unpaired) electrons. The van der Waals surface area contributed by atoms with Crippen LogP contribution in [0, 0.1) is 0 Å². The molecule has 148 valence electrons. The van der Waals surface area contributed by atoms with E-state index in [9.17, 15) is 4.79 Å². The van der Waals surface area contributed by atoms with Gasteiger partial charge in [-0.25, -0.2) is 0 Å². The summed E-state index contributed by atoms with van der Waals surface area (Å²) in [4.78, 5) is 17.7. The first kappa shape index (κ1) is 18.7. The van der Waals surface area contributed by atoms with Crippen LogP contribution in [0.4, 0.5) is 5.82 Å². The van der Waals surface area contributed by atoms with E-state index in [2.05, 4.69) is 21.8 Å². The third-order valence-electron chi connectivity index (χ3n) is 5.58.